The van der Waals surface area contributed by atoms with Gasteiger partial charge in [-0.05, 0) is 31.5 Å². The molecule has 4 nitrogen and oxygen atoms in total. The first kappa shape index (κ1) is 14.0. The smallest absolute Gasteiger partial charge is 0.263 e. The lowest BCUT2D eigenvalue weighted by molar-refractivity contribution is 0.101. The Bertz CT molecular complexity index is 724. The molecule has 0 spiro atoms. The van der Waals surface area contributed by atoms with Gasteiger partial charge in [0.2, 0.25) is 0 Å². The molecule has 1 aromatic heterocycles. The number of benzene rings is 1. The molecule has 1 aromatic carbocycles. The second kappa shape index (κ2) is 5.27. The largest absolute Gasteiger partial charge is 0.424 e. The van der Waals surface area contributed by atoms with Crippen LogP contribution in [0.4, 0.5) is 0 Å². The van der Waals surface area contributed by atoms with Gasteiger partial charge in [-0.3, -0.25) is 9.59 Å². The van der Waals surface area contributed by atoms with E-state index in [2.05, 4.69) is 4.98 Å². The highest BCUT2D eigenvalue weighted by atomic mass is 35.5. The summed E-state index contributed by atoms with van der Waals surface area (Å²) in [6, 6.07) is 3.57. The number of pyridine rings is 1. The van der Waals surface area contributed by atoms with Gasteiger partial charge in [0, 0.05) is 11.6 Å². The third-order valence-electron chi connectivity index (χ3n) is 2.69. The number of aromatic nitrogens is 1. The third kappa shape index (κ3) is 2.48. The van der Waals surface area contributed by atoms with E-state index in [1.165, 1.54) is 6.92 Å². The molecule has 1 heterocycles. The van der Waals surface area contributed by atoms with E-state index in [-0.39, 0.29) is 17.1 Å². The van der Waals surface area contributed by atoms with E-state index in [0.29, 0.717) is 15.9 Å². The van der Waals surface area contributed by atoms with Gasteiger partial charge < -0.3 is 9.17 Å². The zero-order valence-electron chi connectivity index (χ0n) is 10.7. The Labute approximate surface area is 119 Å². The molecule has 100 valence electrons. The lowest BCUT2D eigenvalue weighted by atomic mass is 10.1. The van der Waals surface area contributed by atoms with Gasteiger partial charge in [0.1, 0.15) is 5.56 Å². The van der Waals surface area contributed by atoms with Crippen molar-refractivity contribution in [1.29, 1.82) is 0 Å². The number of ketones is 1. The van der Waals surface area contributed by atoms with Crippen LogP contribution in [0.5, 0.6) is 5.75 Å². The lowest BCUT2D eigenvalue weighted by Gasteiger charge is -2.11. The molecule has 0 bridgehead atoms. The molecule has 0 atom stereocenters. The van der Waals surface area contributed by atoms with Crippen molar-refractivity contribution in [3.8, 4) is 5.75 Å². The Morgan fingerprint density at radius 3 is 2.68 bits per heavy atom. The van der Waals surface area contributed by atoms with Gasteiger partial charge in [-0.25, -0.2) is 0 Å². The monoisotopic (exact) mass is 297 g/mol. The summed E-state index contributed by atoms with van der Waals surface area (Å²) in [5.41, 5.74) is 0.926. The van der Waals surface area contributed by atoms with Crippen LogP contribution in [0.1, 0.15) is 22.8 Å². The van der Waals surface area contributed by atoms with Crippen LogP contribution < -0.4 is 9.74 Å². The van der Waals surface area contributed by atoms with Crippen LogP contribution in [0.25, 0.3) is 10.9 Å². The topological polar surface area (TPSA) is 59.2 Å². The summed E-state index contributed by atoms with van der Waals surface area (Å²) < 4.78 is 5.42. The highest BCUT2D eigenvalue weighted by Gasteiger charge is 2.19. The van der Waals surface area contributed by atoms with E-state index in [1.807, 2.05) is 13.0 Å². The SMILES string of the molecule is CSOc1c(C(C)=O)c(=O)[nH]c2c(Cl)cc(C)cc12. The maximum atomic E-state index is 12.0. The van der Waals surface area contributed by atoms with Crippen LogP contribution in [0.15, 0.2) is 16.9 Å². The molecule has 0 aliphatic heterocycles. The van der Waals surface area contributed by atoms with Crippen molar-refractivity contribution < 1.29 is 8.98 Å². The molecule has 2 aromatic rings. The Hall–Kier alpha value is -1.46. The van der Waals surface area contributed by atoms with Crippen molar-refractivity contribution in [1.82, 2.24) is 4.98 Å². The summed E-state index contributed by atoms with van der Waals surface area (Å²) >= 11 is 7.19. The average molecular weight is 298 g/mol. The van der Waals surface area contributed by atoms with Gasteiger partial charge in [0.25, 0.3) is 5.56 Å². The standard InChI is InChI=1S/C13H12ClNO3S/c1-6-4-8-11(9(14)5-6)15-13(17)10(7(2)16)12(8)18-19-3/h4-5H,1-3H3,(H,15,17). The molecule has 0 saturated heterocycles. The summed E-state index contributed by atoms with van der Waals surface area (Å²) in [6.45, 7) is 3.22. The minimum absolute atomic E-state index is 0.0171. The predicted molar refractivity (Wildman–Crippen MR) is 78.5 cm³/mol. The number of nitrogens with one attached hydrogen (secondary N) is 1. The van der Waals surface area contributed by atoms with Crippen molar-refractivity contribution in [2.75, 3.05) is 6.26 Å². The number of rotatable bonds is 3. The van der Waals surface area contributed by atoms with Gasteiger partial charge in [-0.2, -0.15) is 0 Å². The van der Waals surface area contributed by atoms with Crippen molar-refractivity contribution in [2.24, 2.45) is 0 Å². The minimum Gasteiger partial charge on any atom is -0.424 e. The summed E-state index contributed by atoms with van der Waals surface area (Å²) in [6.07, 6.45) is 1.72. The molecule has 0 saturated carbocycles. The number of hydrogen-bond acceptors (Lipinski definition) is 4. The van der Waals surface area contributed by atoms with E-state index in [0.717, 1.165) is 17.6 Å². The first-order valence-electron chi connectivity index (χ1n) is 5.53. The summed E-state index contributed by atoms with van der Waals surface area (Å²) in [4.78, 5) is 26.3. The zero-order valence-corrected chi connectivity index (χ0v) is 12.2. The molecule has 0 amide bonds. The molecule has 0 aliphatic rings. The van der Waals surface area contributed by atoms with E-state index in [9.17, 15) is 9.59 Å². The number of carbonyl (C=O) groups is 1. The van der Waals surface area contributed by atoms with Crippen LogP contribution in [0.3, 0.4) is 0 Å². The zero-order chi connectivity index (χ0) is 14.2. The van der Waals surface area contributed by atoms with Gasteiger partial charge in [-0.1, -0.05) is 11.6 Å². The number of fused-ring (bicyclic) bond motifs is 1. The van der Waals surface area contributed by atoms with E-state index in [4.69, 9.17) is 15.8 Å². The number of hydrogen-bond donors (Lipinski definition) is 1. The molecule has 0 aliphatic carbocycles. The number of Topliss-reactive ketones (excluding diaryl/α,β-unsaturated/α-hetero) is 1. The predicted octanol–water partition coefficient (Wildman–Crippen LogP) is 3.35. The van der Waals surface area contributed by atoms with Crippen LogP contribution in [-0.4, -0.2) is 17.0 Å². The third-order valence-corrected chi connectivity index (χ3v) is 3.32. The molecule has 6 heteroatoms. The molecule has 19 heavy (non-hydrogen) atoms. The number of H-pyrrole nitrogens is 1. The number of halogens is 1. The highest BCUT2D eigenvalue weighted by molar-refractivity contribution is 7.94. The normalized spacial score (nSPS) is 10.7. The van der Waals surface area contributed by atoms with Crippen molar-refractivity contribution in [2.45, 2.75) is 13.8 Å². The molecule has 2 rings (SSSR count). The lowest BCUT2D eigenvalue weighted by Crippen LogP contribution is -2.17. The van der Waals surface area contributed by atoms with Crippen molar-refractivity contribution in [3.63, 3.8) is 0 Å². The quantitative estimate of drug-likeness (QED) is 0.697. The number of carbonyl (C=O) groups excluding carboxylic acids is 1. The highest BCUT2D eigenvalue weighted by Crippen LogP contribution is 2.33. The summed E-state index contributed by atoms with van der Waals surface area (Å²) in [7, 11) is 0. The first-order chi connectivity index (χ1) is 8.95. The molecular weight excluding hydrogens is 286 g/mol. The number of aryl methyl sites for hydroxylation is 1. The van der Waals surface area contributed by atoms with Crippen LogP contribution in [-0.2, 0) is 0 Å². The van der Waals surface area contributed by atoms with Gasteiger partial charge >= 0.3 is 0 Å². The Morgan fingerprint density at radius 2 is 2.11 bits per heavy atom. The fourth-order valence-corrected chi connectivity index (χ4v) is 2.61. The maximum absolute atomic E-state index is 12.0. The Morgan fingerprint density at radius 1 is 1.42 bits per heavy atom. The van der Waals surface area contributed by atoms with E-state index >= 15 is 0 Å². The molecule has 0 fully saturated rings. The molecule has 0 unspecified atom stereocenters. The van der Waals surface area contributed by atoms with E-state index in [1.54, 1.807) is 12.3 Å². The molecule has 0 radical (unpaired) electrons. The van der Waals surface area contributed by atoms with Gasteiger partial charge in [-0.15, -0.1) is 0 Å². The first-order valence-corrected chi connectivity index (χ1v) is 7.06. The number of aromatic amines is 1. The van der Waals surface area contributed by atoms with E-state index < -0.39 is 5.56 Å². The molecular formula is C13H12ClNO3S. The maximum Gasteiger partial charge on any atom is 0.263 e. The van der Waals surface area contributed by atoms with Crippen LogP contribution >= 0.6 is 23.6 Å². The fraction of sp³-hybridized carbons (Fsp3) is 0.231. The van der Waals surface area contributed by atoms with Crippen molar-refractivity contribution >= 4 is 40.3 Å². The van der Waals surface area contributed by atoms with Gasteiger partial charge in [0.15, 0.2) is 11.5 Å². The second-order valence-corrected chi connectivity index (χ2v) is 5.04. The minimum atomic E-state index is -0.491. The summed E-state index contributed by atoms with van der Waals surface area (Å²) in [5.74, 6) is -0.0748. The average Bonchev–Trinajstić information content (AvgIpc) is 2.30. The second-order valence-electron chi connectivity index (χ2n) is 4.13. The Balaban J connectivity index is 2.98. The Kier molecular flexibility index (Phi) is 3.87. The van der Waals surface area contributed by atoms with Crippen LogP contribution in [0.2, 0.25) is 5.02 Å². The molecule has 1 N–H and O–H groups in total. The summed E-state index contributed by atoms with van der Waals surface area (Å²) in [5, 5.41) is 1.05. The van der Waals surface area contributed by atoms with Gasteiger partial charge in [0.05, 0.1) is 22.6 Å². The van der Waals surface area contributed by atoms with Crippen molar-refractivity contribution in [3.05, 3.63) is 38.6 Å². The fourth-order valence-electron chi connectivity index (χ4n) is 1.95. The van der Waals surface area contributed by atoms with Crippen LogP contribution in [0, 0.1) is 6.92 Å².